The van der Waals surface area contributed by atoms with Gasteiger partial charge in [0.2, 0.25) is 0 Å². The fraction of sp³-hybridized carbons (Fsp3) is 0.154. The maximum atomic E-state index is 5.91. The van der Waals surface area contributed by atoms with Crippen molar-refractivity contribution < 1.29 is 9.47 Å². The molecular weight excluding hydrogens is 216 g/mol. The van der Waals surface area contributed by atoms with E-state index < -0.39 is 0 Å². The predicted octanol–water partition coefficient (Wildman–Crippen LogP) is 2.35. The van der Waals surface area contributed by atoms with E-state index in [1.165, 1.54) is 0 Å². The van der Waals surface area contributed by atoms with Crippen LogP contribution in [-0.4, -0.2) is 19.2 Å². The van der Waals surface area contributed by atoms with Crippen molar-refractivity contribution in [2.24, 2.45) is 0 Å². The van der Waals surface area contributed by atoms with Crippen molar-refractivity contribution in [2.75, 3.05) is 20.0 Å². The highest BCUT2D eigenvalue weighted by Crippen LogP contribution is 2.35. The molecule has 0 aliphatic heterocycles. The average Bonchev–Trinajstić information content (AvgIpc) is 2.38. The number of nitrogens with zero attached hydrogens (tertiary/aromatic N) is 1. The van der Waals surface area contributed by atoms with Crippen molar-refractivity contribution in [3.05, 3.63) is 36.7 Å². The van der Waals surface area contributed by atoms with Gasteiger partial charge >= 0.3 is 0 Å². The van der Waals surface area contributed by atoms with Gasteiger partial charge in [-0.2, -0.15) is 0 Å². The number of nitrogens with two attached hydrogens (primary N) is 1. The van der Waals surface area contributed by atoms with Crippen LogP contribution in [0.1, 0.15) is 0 Å². The molecule has 0 aliphatic rings. The first-order chi connectivity index (χ1) is 8.26. The molecule has 0 saturated carbocycles. The van der Waals surface area contributed by atoms with Crippen molar-refractivity contribution in [1.82, 2.24) is 4.98 Å². The number of nitrogen functional groups attached to an aromatic ring is 1. The van der Waals surface area contributed by atoms with Gasteiger partial charge < -0.3 is 15.2 Å². The van der Waals surface area contributed by atoms with E-state index in [0.29, 0.717) is 5.69 Å². The highest BCUT2D eigenvalue weighted by atomic mass is 16.5. The lowest BCUT2D eigenvalue weighted by Crippen LogP contribution is -1.94. The van der Waals surface area contributed by atoms with E-state index in [1.807, 2.05) is 24.3 Å². The first kappa shape index (κ1) is 11.3. The summed E-state index contributed by atoms with van der Waals surface area (Å²) >= 11 is 0. The summed E-state index contributed by atoms with van der Waals surface area (Å²) in [5, 5.41) is 0. The number of aromatic nitrogens is 1. The van der Waals surface area contributed by atoms with Crippen molar-refractivity contribution in [1.29, 1.82) is 0 Å². The number of pyridine rings is 1. The van der Waals surface area contributed by atoms with Crippen molar-refractivity contribution in [3.8, 4) is 22.6 Å². The molecule has 2 rings (SSSR count). The topological polar surface area (TPSA) is 57.4 Å². The third-order valence-electron chi connectivity index (χ3n) is 2.55. The number of hydrogen-bond acceptors (Lipinski definition) is 4. The minimum absolute atomic E-state index is 0.610. The van der Waals surface area contributed by atoms with E-state index in [1.54, 1.807) is 26.6 Å². The Morgan fingerprint density at radius 3 is 2.53 bits per heavy atom. The van der Waals surface area contributed by atoms with Crippen LogP contribution < -0.4 is 15.2 Å². The van der Waals surface area contributed by atoms with Gasteiger partial charge in [0.25, 0.3) is 0 Å². The first-order valence-electron chi connectivity index (χ1n) is 5.18. The summed E-state index contributed by atoms with van der Waals surface area (Å²) in [6, 6.07) is 7.45. The van der Waals surface area contributed by atoms with Crippen LogP contribution >= 0.6 is 0 Å². The zero-order valence-electron chi connectivity index (χ0n) is 9.81. The molecule has 0 radical (unpaired) electrons. The highest BCUT2D eigenvalue weighted by molar-refractivity contribution is 5.80. The van der Waals surface area contributed by atoms with Gasteiger partial charge in [-0.25, -0.2) is 0 Å². The molecule has 0 fully saturated rings. The Hall–Kier alpha value is -2.23. The molecule has 4 heteroatoms. The zero-order valence-corrected chi connectivity index (χ0v) is 9.81. The van der Waals surface area contributed by atoms with Crippen molar-refractivity contribution in [3.63, 3.8) is 0 Å². The van der Waals surface area contributed by atoms with E-state index in [-0.39, 0.29) is 0 Å². The predicted molar refractivity (Wildman–Crippen MR) is 67.2 cm³/mol. The van der Waals surface area contributed by atoms with E-state index in [9.17, 15) is 0 Å². The van der Waals surface area contributed by atoms with E-state index in [0.717, 1.165) is 22.6 Å². The smallest absolute Gasteiger partial charge is 0.127 e. The first-order valence-corrected chi connectivity index (χ1v) is 5.18. The van der Waals surface area contributed by atoms with Gasteiger partial charge in [-0.05, 0) is 24.3 Å². The second-order valence-corrected chi connectivity index (χ2v) is 3.53. The molecule has 0 amide bonds. The molecule has 4 nitrogen and oxygen atoms in total. The van der Waals surface area contributed by atoms with Crippen LogP contribution in [0.2, 0.25) is 0 Å². The Morgan fingerprint density at radius 1 is 1.06 bits per heavy atom. The van der Waals surface area contributed by atoms with Crippen LogP contribution in [-0.2, 0) is 0 Å². The Balaban J connectivity index is 2.60. The summed E-state index contributed by atoms with van der Waals surface area (Å²) in [6.45, 7) is 0. The molecule has 0 bridgehead atoms. The number of hydrogen-bond donors (Lipinski definition) is 1. The van der Waals surface area contributed by atoms with Crippen LogP contribution in [0.4, 0.5) is 5.69 Å². The Labute approximate surface area is 100 Å². The van der Waals surface area contributed by atoms with Gasteiger partial charge in [0.05, 0.1) is 26.1 Å². The summed E-state index contributed by atoms with van der Waals surface area (Å²) < 4.78 is 10.5. The van der Waals surface area contributed by atoms with E-state index in [2.05, 4.69) is 4.98 Å². The van der Waals surface area contributed by atoms with Gasteiger partial charge in [0.15, 0.2) is 0 Å². The molecule has 0 unspecified atom stereocenters. The SMILES string of the molecule is COc1ccc(OC)c(-c2ccncc2N)c1. The fourth-order valence-corrected chi connectivity index (χ4v) is 1.68. The number of anilines is 1. The largest absolute Gasteiger partial charge is 0.497 e. The molecular formula is C13H14N2O2. The lowest BCUT2D eigenvalue weighted by molar-refractivity contribution is 0.404. The molecule has 0 spiro atoms. The number of methoxy groups -OCH3 is 2. The van der Waals surface area contributed by atoms with E-state index in [4.69, 9.17) is 15.2 Å². The second kappa shape index (κ2) is 4.74. The zero-order chi connectivity index (χ0) is 12.3. The summed E-state index contributed by atoms with van der Waals surface area (Å²) in [6.07, 6.45) is 3.32. The minimum atomic E-state index is 0.610. The molecule has 0 aliphatic carbocycles. The molecule has 88 valence electrons. The van der Waals surface area contributed by atoms with Crippen LogP contribution in [0.15, 0.2) is 36.7 Å². The molecule has 1 aromatic carbocycles. The average molecular weight is 230 g/mol. The Morgan fingerprint density at radius 2 is 1.88 bits per heavy atom. The van der Waals surface area contributed by atoms with E-state index >= 15 is 0 Å². The second-order valence-electron chi connectivity index (χ2n) is 3.53. The molecule has 17 heavy (non-hydrogen) atoms. The summed E-state index contributed by atoms with van der Waals surface area (Å²) in [5.41, 5.74) is 8.30. The van der Waals surface area contributed by atoms with Gasteiger partial charge in [-0.1, -0.05) is 0 Å². The number of rotatable bonds is 3. The molecule has 0 saturated heterocycles. The fourth-order valence-electron chi connectivity index (χ4n) is 1.68. The van der Waals surface area contributed by atoms with Gasteiger partial charge in [0.1, 0.15) is 11.5 Å². The summed E-state index contributed by atoms with van der Waals surface area (Å²) in [5.74, 6) is 1.51. The van der Waals surface area contributed by atoms with Gasteiger partial charge in [0, 0.05) is 17.3 Å². The van der Waals surface area contributed by atoms with Crippen LogP contribution in [0.3, 0.4) is 0 Å². The van der Waals surface area contributed by atoms with Gasteiger partial charge in [-0.15, -0.1) is 0 Å². The Bertz CT molecular complexity index is 527. The highest BCUT2D eigenvalue weighted by Gasteiger charge is 2.10. The third kappa shape index (κ3) is 2.15. The maximum Gasteiger partial charge on any atom is 0.127 e. The molecule has 2 N–H and O–H groups in total. The van der Waals surface area contributed by atoms with Crippen molar-refractivity contribution in [2.45, 2.75) is 0 Å². The van der Waals surface area contributed by atoms with Gasteiger partial charge in [-0.3, -0.25) is 4.98 Å². The number of ether oxygens (including phenoxy) is 2. The quantitative estimate of drug-likeness (QED) is 0.879. The molecule has 1 heterocycles. The number of benzene rings is 1. The lowest BCUT2D eigenvalue weighted by atomic mass is 10.0. The third-order valence-corrected chi connectivity index (χ3v) is 2.55. The monoisotopic (exact) mass is 230 g/mol. The maximum absolute atomic E-state index is 5.91. The normalized spacial score (nSPS) is 10.0. The standard InChI is InChI=1S/C13H14N2O2/c1-16-9-3-4-13(17-2)11(7-9)10-5-6-15-8-12(10)14/h3-8H,14H2,1-2H3. The van der Waals surface area contributed by atoms with Crippen LogP contribution in [0.5, 0.6) is 11.5 Å². The molecule has 1 aromatic heterocycles. The summed E-state index contributed by atoms with van der Waals surface area (Å²) in [7, 11) is 3.25. The molecule has 0 atom stereocenters. The van der Waals surface area contributed by atoms with Crippen molar-refractivity contribution >= 4 is 5.69 Å². The minimum Gasteiger partial charge on any atom is -0.497 e. The van der Waals surface area contributed by atoms with Crippen LogP contribution in [0.25, 0.3) is 11.1 Å². The molecule has 2 aromatic rings. The Kier molecular flexibility index (Phi) is 3.14. The lowest BCUT2D eigenvalue weighted by Gasteiger charge is -2.11. The summed E-state index contributed by atoms with van der Waals surface area (Å²) in [4.78, 5) is 3.97. The van der Waals surface area contributed by atoms with Crippen LogP contribution in [0, 0.1) is 0 Å².